The van der Waals surface area contributed by atoms with Gasteiger partial charge in [0.1, 0.15) is 0 Å². The number of hydrogen-bond donors (Lipinski definition) is 1. The summed E-state index contributed by atoms with van der Waals surface area (Å²) in [5.74, 6) is 0. The smallest absolute Gasteiger partial charge is 0.0897 e. The first-order valence-corrected chi connectivity index (χ1v) is 8.89. The van der Waals surface area contributed by atoms with E-state index >= 15 is 0 Å². The molecule has 1 saturated heterocycles. The van der Waals surface area contributed by atoms with Gasteiger partial charge in [0, 0.05) is 35.9 Å². The molecule has 118 valence electrons. The SMILES string of the molecule is Cc1ncc(CN2CCCC(Nc3ccc(C)c(C)c3)C2)s1. The Labute approximate surface area is 137 Å². The second kappa shape index (κ2) is 6.80. The number of aromatic nitrogens is 1. The van der Waals surface area contributed by atoms with Crippen LogP contribution in [0, 0.1) is 20.8 Å². The first-order valence-electron chi connectivity index (χ1n) is 8.07. The Morgan fingerprint density at radius 3 is 2.86 bits per heavy atom. The van der Waals surface area contributed by atoms with E-state index in [2.05, 4.69) is 54.2 Å². The third kappa shape index (κ3) is 3.87. The molecule has 0 saturated carbocycles. The van der Waals surface area contributed by atoms with Gasteiger partial charge in [0.2, 0.25) is 0 Å². The van der Waals surface area contributed by atoms with Crippen LogP contribution in [-0.4, -0.2) is 29.0 Å². The van der Waals surface area contributed by atoms with Crippen molar-refractivity contribution in [3.05, 3.63) is 45.4 Å². The van der Waals surface area contributed by atoms with Crippen molar-refractivity contribution < 1.29 is 0 Å². The number of nitrogens with zero attached hydrogens (tertiary/aromatic N) is 2. The maximum absolute atomic E-state index is 4.36. The van der Waals surface area contributed by atoms with E-state index < -0.39 is 0 Å². The average molecular weight is 315 g/mol. The molecule has 0 radical (unpaired) electrons. The van der Waals surface area contributed by atoms with Crippen LogP contribution in [0.4, 0.5) is 5.69 Å². The van der Waals surface area contributed by atoms with E-state index in [4.69, 9.17) is 0 Å². The Morgan fingerprint density at radius 2 is 2.14 bits per heavy atom. The Kier molecular flexibility index (Phi) is 4.79. The monoisotopic (exact) mass is 315 g/mol. The van der Waals surface area contributed by atoms with Crippen molar-refractivity contribution in [1.29, 1.82) is 0 Å². The summed E-state index contributed by atoms with van der Waals surface area (Å²) in [5, 5.41) is 4.88. The number of nitrogens with one attached hydrogen (secondary N) is 1. The topological polar surface area (TPSA) is 28.2 Å². The second-order valence-corrected chi connectivity index (χ2v) is 7.68. The number of benzene rings is 1. The number of rotatable bonds is 4. The van der Waals surface area contributed by atoms with Crippen LogP contribution in [0.2, 0.25) is 0 Å². The van der Waals surface area contributed by atoms with Crippen molar-refractivity contribution in [2.75, 3.05) is 18.4 Å². The normalized spacial score (nSPS) is 19.3. The molecule has 1 aliphatic heterocycles. The van der Waals surface area contributed by atoms with Gasteiger partial charge in [-0.15, -0.1) is 11.3 Å². The van der Waals surface area contributed by atoms with Crippen molar-refractivity contribution >= 4 is 17.0 Å². The molecular weight excluding hydrogens is 290 g/mol. The van der Waals surface area contributed by atoms with Crippen LogP contribution in [0.5, 0.6) is 0 Å². The van der Waals surface area contributed by atoms with Crippen LogP contribution >= 0.6 is 11.3 Å². The van der Waals surface area contributed by atoms with Crippen molar-refractivity contribution in [3.63, 3.8) is 0 Å². The van der Waals surface area contributed by atoms with Gasteiger partial charge in [-0.2, -0.15) is 0 Å². The van der Waals surface area contributed by atoms with Gasteiger partial charge in [0.25, 0.3) is 0 Å². The molecule has 0 aliphatic carbocycles. The highest BCUT2D eigenvalue weighted by Gasteiger charge is 2.20. The minimum Gasteiger partial charge on any atom is -0.381 e. The molecule has 2 aromatic rings. The second-order valence-electron chi connectivity index (χ2n) is 6.36. The number of anilines is 1. The van der Waals surface area contributed by atoms with Crippen LogP contribution in [0.1, 0.15) is 33.9 Å². The summed E-state index contributed by atoms with van der Waals surface area (Å²) in [6.45, 7) is 9.77. The summed E-state index contributed by atoms with van der Waals surface area (Å²) in [4.78, 5) is 8.29. The third-order valence-corrected chi connectivity index (χ3v) is 5.33. The maximum Gasteiger partial charge on any atom is 0.0897 e. The van der Waals surface area contributed by atoms with E-state index in [1.807, 2.05) is 17.5 Å². The van der Waals surface area contributed by atoms with Crippen LogP contribution < -0.4 is 5.32 Å². The average Bonchev–Trinajstić information content (AvgIpc) is 2.89. The van der Waals surface area contributed by atoms with Crippen LogP contribution in [0.3, 0.4) is 0 Å². The highest BCUT2D eigenvalue weighted by molar-refractivity contribution is 7.11. The van der Waals surface area contributed by atoms with Gasteiger partial charge < -0.3 is 5.32 Å². The molecule has 1 aromatic heterocycles. The van der Waals surface area contributed by atoms with Crippen LogP contribution in [0.15, 0.2) is 24.4 Å². The first-order chi connectivity index (χ1) is 10.6. The largest absolute Gasteiger partial charge is 0.381 e. The molecule has 0 spiro atoms. The van der Waals surface area contributed by atoms with Crippen LogP contribution in [0.25, 0.3) is 0 Å². The quantitative estimate of drug-likeness (QED) is 0.919. The summed E-state index contributed by atoms with van der Waals surface area (Å²) < 4.78 is 0. The van der Waals surface area contributed by atoms with Crippen molar-refractivity contribution in [1.82, 2.24) is 9.88 Å². The summed E-state index contributed by atoms with van der Waals surface area (Å²) >= 11 is 1.82. The van der Waals surface area contributed by atoms with E-state index in [1.165, 1.54) is 41.1 Å². The number of likely N-dealkylation sites (tertiary alicyclic amines) is 1. The standard InChI is InChI=1S/C18H25N3S/c1-13-6-7-16(9-14(13)2)20-17-5-4-8-21(11-17)12-18-10-19-15(3)22-18/h6-7,9-10,17,20H,4-5,8,11-12H2,1-3H3. The van der Waals surface area contributed by atoms with Gasteiger partial charge >= 0.3 is 0 Å². The van der Waals surface area contributed by atoms with E-state index in [0.717, 1.165) is 18.1 Å². The number of hydrogen-bond acceptors (Lipinski definition) is 4. The lowest BCUT2D eigenvalue weighted by Gasteiger charge is -2.33. The van der Waals surface area contributed by atoms with Crippen LogP contribution in [-0.2, 0) is 6.54 Å². The molecule has 22 heavy (non-hydrogen) atoms. The van der Waals surface area contributed by atoms with E-state index in [9.17, 15) is 0 Å². The van der Waals surface area contributed by atoms with Gasteiger partial charge in [-0.1, -0.05) is 6.07 Å². The van der Waals surface area contributed by atoms with Crippen molar-refractivity contribution in [2.45, 2.75) is 46.2 Å². The molecule has 0 bridgehead atoms. The Morgan fingerprint density at radius 1 is 1.27 bits per heavy atom. The van der Waals surface area contributed by atoms with E-state index in [1.54, 1.807) is 0 Å². The minimum absolute atomic E-state index is 0.546. The zero-order valence-corrected chi connectivity index (χ0v) is 14.5. The third-order valence-electron chi connectivity index (χ3n) is 4.43. The van der Waals surface area contributed by atoms with Crippen molar-refractivity contribution in [2.24, 2.45) is 0 Å². The summed E-state index contributed by atoms with van der Waals surface area (Å²) in [6.07, 6.45) is 4.55. The number of piperidine rings is 1. The molecule has 1 N–H and O–H groups in total. The highest BCUT2D eigenvalue weighted by atomic mass is 32.1. The Bertz CT molecular complexity index is 635. The molecule has 1 unspecified atom stereocenters. The molecule has 3 nitrogen and oxygen atoms in total. The Hall–Kier alpha value is -1.39. The fourth-order valence-electron chi connectivity index (χ4n) is 3.08. The van der Waals surface area contributed by atoms with Crippen molar-refractivity contribution in [3.8, 4) is 0 Å². The highest BCUT2D eigenvalue weighted by Crippen LogP contribution is 2.21. The fraction of sp³-hybridized carbons (Fsp3) is 0.500. The molecule has 1 aromatic carbocycles. The zero-order valence-electron chi connectivity index (χ0n) is 13.7. The lowest BCUT2D eigenvalue weighted by Crippen LogP contribution is -2.41. The van der Waals surface area contributed by atoms with Gasteiger partial charge in [0.05, 0.1) is 5.01 Å². The van der Waals surface area contributed by atoms with E-state index in [0.29, 0.717) is 6.04 Å². The Balaban J connectivity index is 1.59. The molecule has 4 heteroatoms. The molecule has 0 amide bonds. The van der Waals surface area contributed by atoms with Gasteiger partial charge in [-0.3, -0.25) is 4.90 Å². The van der Waals surface area contributed by atoms with Gasteiger partial charge in [-0.25, -0.2) is 4.98 Å². The minimum atomic E-state index is 0.546. The summed E-state index contributed by atoms with van der Waals surface area (Å²) in [6, 6.07) is 7.22. The molecule has 1 aliphatic rings. The number of aryl methyl sites for hydroxylation is 3. The lowest BCUT2D eigenvalue weighted by molar-refractivity contribution is 0.210. The van der Waals surface area contributed by atoms with E-state index in [-0.39, 0.29) is 0 Å². The molecule has 2 heterocycles. The summed E-state index contributed by atoms with van der Waals surface area (Å²) in [5.41, 5.74) is 3.97. The fourth-order valence-corrected chi connectivity index (χ4v) is 3.92. The van der Waals surface area contributed by atoms with Gasteiger partial charge in [-0.05, 0) is 63.4 Å². The van der Waals surface area contributed by atoms with Gasteiger partial charge in [0.15, 0.2) is 0 Å². The summed E-state index contributed by atoms with van der Waals surface area (Å²) in [7, 11) is 0. The predicted octanol–water partition coefficient (Wildman–Crippen LogP) is 4.14. The maximum atomic E-state index is 4.36. The molecular formula is C18H25N3S. The molecule has 1 atom stereocenters. The molecule has 1 fully saturated rings. The lowest BCUT2D eigenvalue weighted by atomic mass is 10.0. The molecule has 3 rings (SSSR count). The number of thiazole rings is 1. The zero-order chi connectivity index (χ0) is 15.5. The first kappa shape index (κ1) is 15.5. The predicted molar refractivity (Wildman–Crippen MR) is 94.7 cm³/mol.